The number of ether oxygens (including phenoxy) is 2. The smallest absolute Gasteiger partial charge is 0.346 e. The zero-order chi connectivity index (χ0) is 34.0. The quantitative estimate of drug-likeness (QED) is 0.185. The summed E-state index contributed by atoms with van der Waals surface area (Å²) in [6.45, 7) is 3.92. The monoisotopic (exact) mass is 658 g/mol. The first-order valence-electron chi connectivity index (χ1n) is 14.5. The molecule has 0 spiro atoms. The van der Waals surface area contributed by atoms with E-state index in [4.69, 9.17) is 14.3 Å². The number of hydroxylamine groups is 2. The van der Waals surface area contributed by atoms with Gasteiger partial charge in [0.1, 0.15) is 16.3 Å². The Bertz CT molecular complexity index is 1440. The summed E-state index contributed by atoms with van der Waals surface area (Å²) in [7, 11) is 2.71. The van der Waals surface area contributed by atoms with Crippen LogP contribution in [-0.2, 0) is 49.5 Å². The predicted octanol–water partition coefficient (Wildman–Crippen LogP) is 1.35. The van der Waals surface area contributed by atoms with Crippen LogP contribution in [0.25, 0.3) is 0 Å². The Labute approximate surface area is 270 Å². The summed E-state index contributed by atoms with van der Waals surface area (Å²) in [5.41, 5.74) is -1.23. The van der Waals surface area contributed by atoms with E-state index in [0.717, 1.165) is 11.3 Å². The van der Waals surface area contributed by atoms with E-state index in [1.165, 1.54) is 34.3 Å². The fourth-order valence-corrected chi connectivity index (χ4v) is 5.31. The molecule has 3 atom stereocenters. The van der Waals surface area contributed by atoms with E-state index >= 15 is 0 Å². The van der Waals surface area contributed by atoms with Crippen molar-refractivity contribution in [1.29, 1.82) is 0 Å². The molecule has 1 aliphatic heterocycles. The molecule has 0 bridgehead atoms. The number of rotatable bonds is 17. The Morgan fingerprint density at radius 2 is 1.59 bits per heavy atom. The lowest BCUT2D eigenvalue weighted by atomic mass is 9.82. The van der Waals surface area contributed by atoms with E-state index in [1.54, 1.807) is 37.3 Å². The topological polar surface area (TPSA) is 187 Å². The van der Waals surface area contributed by atoms with Crippen LogP contribution in [0.3, 0.4) is 0 Å². The lowest BCUT2D eigenvalue weighted by molar-refractivity contribution is -0.204. The molecule has 0 saturated carbocycles. The van der Waals surface area contributed by atoms with Crippen molar-refractivity contribution in [2.75, 3.05) is 27.4 Å². The third kappa shape index (κ3) is 9.34. The molecule has 1 aromatic heterocycles. The lowest BCUT2D eigenvalue weighted by Crippen LogP contribution is -2.53. The van der Waals surface area contributed by atoms with Crippen molar-refractivity contribution in [1.82, 2.24) is 20.7 Å². The van der Waals surface area contributed by atoms with Crippen LogP contribution in [0.5, 0.6) is 0 Å². The van der Waals surface area contributed by atoms with Crippen molar-refractivity contribution < 1.29 is 47.9 Å². The maximum Gasteiger partial charge on any atom is 0.346 e. The van der Waals surface area contributed by atoms with Gasteiger partial charge in [0.2, 0.25) is 5.91 Å². The fourth-order valence-electron chi connectivity index (χ4n) is 4.63. The summed E-state index contributed by atoms with van der Waals surface area (Å²) < 4.78 is 10.4. The molecule has 0 unspecified atom stereocenters. The third-order valence-electron chi connectivity index (χ3n) is 7.28. The van der Waals surface area contributed by atoms with E-state index < -0.39 is 64.6 Å². The molecule has 4 amide bonds. The van der Waals surface area contributed by atoms with E-state index in [0.29, 0.717) is 20.5 Å². The van der Waals surface area contributed by atoms with Crippen LogP contribution in [0.4, 0.5) is 0 Å². The van der Waals surface area contributed by atoms with Gasteiger partial charge in [-0.05, 0) is 32.8 Å². The van der Waals surface area contributed by atoms with Gasteiger partial charge in [0, 0.05) is 33.5 Å². The van der Waals surface area contributed by atoms with Crippen LogP contribution < -0.4 is 10.6 Å². The third-order valence-corrected chi connectivity index (χ3v) is 8.19. The highest BCUT2D eigenvalue weighted by molar-refractivity contribution is 7.13. The highest BCUT2D eigenvalue weighted by atomic mass is 32.1. The average Bonchev–Trinajstić information content (AvgIpc) is 3.60. The van der Waals surface area contributed by atoms with Gasteiger partial charge < -0.3 is 24.9 Å². The van der Waals surface area contributed by atoms with Crippen molar-refractivity contribution in [3.8, 4) is 0 Å². The van der Waals surface area contributed by atoms with Crippen molar-refractivity contribution >= 4 is 52.5 Å². The Balaban J connectivity index is 1.80. The number of ketones is 2. The number of imide groups is 1. The molecule has 15 heteroatoms. The minimum Gasteiger partial charge on any atom is -0.384 e. The number of hydrogen-bond acceptors (Lipinski definition) is 12. The number of carbonyl (C=O) groups is 7. The van der Waals surface area contributed by atoms with Crippen LogP contribution in [0.2, 0.25) is 0 Å². The first-order chi connectivity index (χ1) is 21.8. The number of aromatic nitrogens is 1. The van der Waals surface area contributed by atoms with Gasteiger partial charge in [-0.2, -0.15) is 0 Å². The number of hydrogen-bond donors (Lipinski definition) is 2. The normalized spacial score (nSPS) is 15.2. The first kappa shape index (κ1) is 36.1. The molecule has 0 aliphatic carbocycles. The summed E-state index contributed by atoms with van der Waals surface area (Å²) in [6, 6.07) is 6.37. The summed E-state index contributed by atoms with van der Waals surface area (Å²) >= 11 is 1.16. The second-order valence-electron chi connectivity index (χ2n) is 11.2. The molecule has 1 saturated heterocycles. The van der Waals surface area contributed by atoms with Crippen LogP contribution >= 0.6 is 11.3 Å². The average molecular weight is 659 g/mol. The summed E-state index contributed by atoms with van der Waals surface area (Å²) in [4.78, 5) is 100. The van der Waals surface area contributed by atoms with Crippen molar-refractivity contribution in [3.05, 3.63) is 52.0 Å². The number of thiazole rings is 1. The van der Waals surface area contributed by atoms with Gasteiger partial charge in [-0.3, -0.25) is 28.8 Å². The second kappa shape index (κ2) is 16.3. The van der Waals surface area contributed by atoms with Crippen molar-refractivity contribution in [3.63, 3.8) is 0 Å². The highest BCUT2D eigenvalue weighted by Gasteiger charge is 2.45. The van der Waals surface area contributed by atoms with E-state index in [-0.39, 0.29) is 38.9 Å². The van der Waals surface area contributed by atoms with Crippen LogP contribution in [-0.4, -0.2) is 90.7 Å². The fraction of sp³-hybridized carbons (Fsp3) is 0.484. The van der Waals surface area contributed by atoms with E-state index in [1.807, 2.05) is 0 Å². The highest BCUT2D eigenvalue weighted by Crippen LogP contribution is 2.25. The molecule has 248 valence electrons. The molecule has 1 fully saturated rings. The Morgan fingerprint density at radius 1 is 0.957 bits per heavy atom. The van der Waals surface area contributed by atoms with Gasteiger partial charge >= 0.3 is 5.97 Å². The van der Waals surface area contributed by atoms with Gasteiger partial charge in [0.05, 0.1) is 36.4 Å². The van der Waals surface area contributed by atoms with E-state index in [9.17, 15) is 33.6 Å². The number of nitrogens with zero attached hydrogens (tertiary/aromatic N) is 2. The van der Waals surface area contributed by atoms with Gasteiger partial charge in [-0.25, -0.2) is 9.78 Å². The van der Waals surface area contributed by atoms with Gasteiger partial charge in [0.15, 0.2) is 11.6 Å². The van der Waals surface area contributed by atoms with E-state index in [2.05, 4.69) is 15.6 Å². The molecule has 3 rings (SSSR count). The second-order valence-corrected chi connectivity index (χ2v) is 12.5. The molecule has 0 radical (unpaired) electrons. The van der Waals surface area contributed by atoms with Crippen molar-refractivity contribution in [2.45, 2.75) is 58.5 Å². The SMILES string of the molecule is COC[C@H](CC(=O)[C@H](COC)NC(=O)c1cnc(C)s1)C(=O)N[C@@H](Cc1ccccc1)C(=O)C(C)(C)C(=O)ON1C(=O)CCC1=O. The number of Topliss-reactive ketones (excluding diaryl/α,β-unsaturated/α-hetero) is 2. The number of carbonyl (C=O) groups excluding carboxylic acids is 7. The summed E-state index contributed by atoms with van der Waals surface area (Å²) in [5, 5.41) is 6.31. The molecule has 2 N–H and O–H groups in total. The predicted molar refractivity (Wildman–Crippen MR) is 163 cm³/mol. The van der Waals surface area contributed by atoms with Crippen LogP contribution in [0.1, 0.15) is 53.4 Å². The number of nitrogens with one attached hydrogen (secondary N) is 2. The van der Waals surface area contributed by atoms with Gasteiger partial charge in [0.25, 0.3) is 17.7 Å². The van der Waals surface area contributed by atoms with Crippen molar-refractivity contribution in [2.24, 2.45) is 11.3 Å². The van der Waals surface area contributed by atoms with Crippen LogP contribution in [0, 0.1) is 18.3 Å². The minimum atomic E-state index is -1.90. The molecule has 14 nitrogen and oxygen atoms in total. The number of methoxy groups -OCH3 is 2. The van der Waals surface area contributed by atoms with Gasteiger partial charge in [-0.15, -0.1) is 16.4 Å². The maximum absolute atomic E-state index is 13.9. The molecular formula is C31H38N4O10S. The number of amides is 4. The molecule has 1 aromatic carbocycles. The number of aryl methyl sites for hydroxylation is 1. The Kier molecular flexibility index (Phi) is 12.8. The number of benzene rings is 1. The standard InChI is InChI=1S/C31H38N4O10S/c1-18-32-15-24(46-18)29(41)34-22(17-44-5)23(36)14-20(16-43-4)28(40)33-21(13-19-9-7-6-8-10-19)27(39)31(2,3)30(42)45-35-25(37)11-12-26(35)38/h6-10,15,20-22H,11-14,16-17H2,1-5H3,(H,33,40)(H,34,41)/t20-,21-,22-/m0/s1. The molecule has 1 aliphatic rings. The zero-order valence-electron chi connectivity index (χ0n) is 26.3. The Morgan fingerprint density at radius 3 is 2.15 bits per heavy atom. The van der Waals surface area contributed by atoms with Gasteiger partial charge in [-0.1, -0.05) is 30.3 Å². The molecular weight excluding hydrogens is 620 g/mol. The minimum absolute atomic E-state index is 0.0199. The molecule has 2 heterocycles. The molecule has 46 heavy (non-hydrogen) atoms. The zero-order valence-corrected chi connectivity index (χ0v) is 27.1. The largest absolute Gasteiger partial charge is 0.384 e. The maximum atomic E-state index is 13.9. The molecule has 2 aromatic rings. The summed E-state index contributed by atoms with van der Waals surface area (Å²) in [5.74, 6) is -6.12. The lowest BCUT2D eigenvalue weighted by Gasteiger charge is -2.29. The Hall–Kier alpha value is -4.34. The van der Waals surface area contributed by atoms with Crippen LogP contribution in [0.15, 0.2) is 36.5 Å². The first-order valence-corrected chi connectivity index (χ1v) is 15.3. The summed E-state index contributed by atoms with van der Waals surface area (Å²) in [6.07, 6.45) is 0.770.